The first-order valence-corrected chi connectivity index (χ1v) is 29.5. The van der Waals surface area contributed by atoms with Crippen molar-refractivity contribution in [3.63, 3.8) is 0 Å². The summed E-state index contributed by atoms with van der Waals surface area (Å²) in [7, 11) is 0. The molecule has 0 saturated heterocycles. The van der Waals surface area contributed by atoms with Gasteiger partial charge in [0, 0.05) is 109 Å². The Morgan fingerprint density at radius 2 is 0.392 bits per heavy atom. The molecule has 0 N–H and O–H groups in total. The molecule has 13 heterocycles. The minimum atomic E-state index is 0. The molecule has 11 aromatic heterocycles. The van der Waals surface area contributed by atoms with E-state index >= 15 is 0 Å². The fourth-order valence-electron chi connectivity index (χ4n) is 13.7. The van der Waals surface area contributed by atoms with Crippen LogP contribution in [0.3, 0.4) is 0 Å². The van der Waals surface area contributed by atoms with E-state index in [9.17, 15) is 0 Å². The zero-order valence-corrected chi connectivity index (χ0v) is 50.0. The summed E-state index contributed by atoms with van der Waals surface area (Å²) < 4.78 is 13.5. The quantitative estimate of drug-likeness (QED) is 0.134. The fraction of sp³-hybridized carbons (Fsp3) is 0. The van der Waals surface area contributed by atoms with Gasteiger partial charge in [-0.05, 0) is 0 Å². The Morgan fingerprint density at radius 3 is 0.567 bits per heavy atom. The molecule has 21 rings (SSSR count). The van der Waals surface area contributed by atoms with E-state index in [4.69, 9.17) is 80.7 Å². The number of nitrogens with zero attached hydrogens (tertiary/aromatic N) is 32. The summed E-state index contributed by atoms with van der Waals surface area (Å²) in [5, 5.41) is 46.3. The third-order valence-electron chi connectivity index (χ3n) is 17.3. The predicted molar refractivity (Wildman–Crippen MR) is 343 cm³/mol. The Morgan fingerprint density at radius 1 is 0.216 bits per heavy atom. The predicted octanol–water partition coefficient (Wildman–Crippen LogP) is 7.38. The molecule has 2 aliphatic heterocycles. The van der Waals surface area contributed by atoms with Crippen molar-refractivity contribution in [3.05, 3.63) is 198 Å². The minimum absolute atomic E-state index is 0. The van der Waals surface area contributed by atoms with E-state index in [0.717, 1.165) is 43.1 Å². The molecular formula is C64H32CuN32. The molecule has 33 heteroatoms. The SMILES string of the molecule is [Cu+2].c1ccc2c(-n3cncn3)c3c(c(-n4cncn4)c2c1)-c1nc-3nc2[n-]c(nc3nc(nc4[n-]c(n1)c1c(-n5cncn5)c5ccccc5c(-n5cncn5)c41)-c1c-3c(-n3cncn3)c3ccccc3c1-n1cncn1)c1c(-n3cncn3)c3ccccc3c(-n3cncn3)c21. The van der Waals surface area contributed by atoms with Crippen molar-refractivity contribution in [3.8, 4) is 91.1 Å². The molecule has 0 fully saturated rings. The third-order valence-corrected chi connectivity index (χ3v) is 17.3. The van der Waals surface area contributed by atoms with Gasteiger partial charge in [0.1, 0.15) is 101 Å². The van der Waals surface area contributed by atoms with Gasteiger partial charge in [-0.25, -0.2) is 87.3 Å². The van der Waals surface area contributed by atoms with Gasteiger partial charge in [-0.15, -0.1) is 0 Å². The zero-order valence-electron chi connectivity index (χ0n) is 49.1. The molecule has 0 unspecified atom stereocenters. The molecule has 8 bridgehead atoms. The van der Waals surface area contributed by atoms with Gasteiger partial charge in [0.25, 0.3) is 0 Å². The topological polar surface area (TPSA) is 351 Å². The molecule has 0 aliphatic carbocycles. The Kier molecular flexibility index (Phi) is 11.2. The molecular weight excluding hydrogens is 1280 g/mol. The van der Waals surface area contributed by atoms with E-state index in [1.165, 1.54) is 50.6 Å². The standard InChI is InChI=1S/C64H32N32.Cu/c1-2-10-34-33(9-1)49(89-25-65-17-73-89)41-42(50(34)90-26-66-18-74-90)58-81-57(41)85-59-43-44(52(92-28-68-20-76-92)36-12-4-3-11-35(36)51(43)91-27-67-19-75-91)61(82-59)87-63-47-48(56(96-32-72-24-80-96)40-16-8-7-15-39(40)55(47)95-31-71-23-79-95)64(84-63)88-62-46-45(60(83-62)86-58)53(93-29-69-21-77-93)37-13-5-6-14-38(37)54(46)94-30-70-22-78-94;/h1-32H;/q-2;+2. The zero-order chi connectivity index (χ0) is 62.7. The summed E-state index contributed by atoms with van der Waals surface area (Å²) >= 11 is 0. The first-order valence-electron chi connectivity index (χ1n) is 29.5. The molecule has 1 radical (unpaired) electrons. The van der Waals surface area contributed by atoms with Gasteiger partial charge in [-0.2, -0.15) is 40.8 Å². The van der Waals surface area contributed by atoms with Gasteiger partial charge in [-0.1, -0.05) is 97.1 Å². The summed E-state index contributed by atoms with van der Waals surface area (Å²) in [6, 6.07) is 31.6. The van der Waals surface area contributed by atoms with Crippen molar-refractivity contribution < 1.29 is 17.1 Å². The van der Waals surface area contributed by atoms with E-state index in [1.54, 1.807) is 88.1 Å². The van der Waals surface area contributed by atoms with Gasteiger partial charge in [0.2, 0.25) is 0 Å². The maximum absolute atomic E-state index is 5.75. The average Bonchev–Trinajstić information content (AvgIpc) is 1.72. The summed E-state index contributed by atoms with van der Waals surface area (Å²) in [5.41, 5.74) is 7.03. The summed E-state index contributed by atoms with van der Waals surface area (Å²) in [6.45, 7) is 0. The number of benzene rings is 8. The van der Waals surface area contributed by atoms with E-state index in [0.29, 0.717) is 89.3 Å². The second kappa shape index (κ2) is 20.4. The Balaban J connectivity index is 0.00000641. The summed E-state index contributed by atoms with van der Waals surface area (Å²) in [4.78, 5) is 81.4. The second-order valence-corrected chi connectivity index (χ2v) is 22.2. The first kappa shape index (κ1) is 53.5. The van der Waals surface area contributed by atoms with Crippen LogP contribution in [0.15, 0.2) is 198 Å². The molecule has 459 valence electrons. The summed E-state index contributed by atoms with van der Waals surface area (Å²) in [6.07, 6.45) is 24.8. The van der Waals surface area contributed by atoms with Crippen LogP contribution in [0.1, 0.15) is 0 Å². The van der Waals surface area contributed by atoms with E-state index < -0.39 is 0 Å². The average molecular weight is 1310 g/mol. The largest absolute Gasteiger partial charge is 2.00 e. The van der Waals surface area contributed by atoms with Gasteiger partial charge in [0.15, 0.2) is 0 Å². The maximum atomic E-state index is 5.75. The monoisotopic (exact) mass is 1310 g/mol. The van der Waals surface area contributed by atoms with Crippen molar-refractivity contribution in [1.29, 1.82) is 0 Å². The molecule has 0 saturated carbocycles. The van der Waals surface area contributed by atoms with Crippen molar-refractivity contribution in [2.75, 3.05) is 0 Å². The minimum Gasteiger partial charge on any atom is -0.357 e. The van der Waals surface area contributed by atoms with Gasteiger partial charge in [0.05, 0.1) is 68.8 Å². The Hall–Kier alpha value is -14.2. The number of fused-ring (bicyclic) bond motifs is 24. The Bertz CT molecular complexity index is 5770. The number of rotatable bonds is 8. The molecule has 19 aromatic rings. The number of hydrogen-bond acceptors (Lipinski definition) is 22. The van der Waals surface area contributed by atoms with Crippen LogP contribution in [-0.2, 0) is 17.1 Å². The van der Waals surface area contributed by atoms with Crippen LogP contribution in [0.4, 0.5) is 0 Å². The fourth-order valence-corrected chi connectivity index (χ4v) is 13.7. The van der Waals surface area contributed by atoms with Gasteiger partial charge >= 0.3 is 17.1 Å². The van der Waals surface area contributed by atoms with Crippen LogP contribution in [0.2, 0.25) is 0 Å². The van der Waals surface area contributed by atoms with Gasteiger partial charge < -0.3 is 29.9 Å². The van der Waals surface area contributed by atoms with Crippen LogP contribution in [0, 0.1) is 0 Å². The normalized spacial score (nSPS) is 12.0. The third kappa shape index (κ3) is 7.60. The van der Waals surface area contributed by atoms with Crippen LogP contribution in [-0.4, -0.2) is 148 Å². The van der Waals surface area contributed by atoms with Gasteiger partial charge in [-0.3, -0.25) is 0 Å². The molecule has 0 amide bonds. The van der Waals surface area contributed by atoms with E-state index in [-0.39, 0.29) is 63.0 Å². The van der Waals surface area contributed by atoms with Crippen LogP contribution in [0.25, 0.3) is 178 Å². The van der Waals surface area contributed by atoms with E-state index in [2.05, 4.69) is 39.9 Å². The molecule has 0 atom stereocenters. The first-order chi connectivity index (χ1) is 47.7. The summed E-state index contributed by atoms with van der Waals surface area (Å²) in [5.74, 6) is 0.619. The smallest absolute Gasteiger partial charge is 0.357 e. The van der Waals surface area contributed by atoms with Crippen molar-refractivity contribution in [1.82, 2.24) is 158 Å². The van der Waals surface area contributed by atoms with Crippen LogP contribution in [0.5, 0.6) is 0 Å². The molecule has 97 heavy (non-hydrogen) atoms. The number of hydrogen-bond donors (Lipinski definition) is 0. The molecule has 8 aromatic carbocycles. The van der Waals surface area contributed by atoms with Crippen molar-refractivity contribution in [2.24, 2.45) is 0 Å². The van der Waals surface area contributed by atoms with Crippen LogP contribution >= 0.6 is 0 Å². The Labute approximate surface area is 548 Å². The van der Waals surface area contributed by atoms with E-state index in [1.807, 2.05) is 97.1 Å². The van der Waals surface area contributed by atoms with Crippen molar-refractivity contribution >= 4 is 87.2 Å². The second-order valence-electron chi connectivity index (χ2n) is 22.2. The molecule has 2 aliphatic rings. The van der Waals surface area contributed by atoms with Crippen molar-refractivity contribution in [2.45, 2.75) is 0 Å². The maximum Gasteiger partial charge on any atom is 2.00 e. The van der Waals surface area contributed by atoms with Crippen LogP contribution < -0.4 is 9.97 Å². The number of aromatic nitrogens is 32. The molecule has 0 spiro atoms. The molecule has 32 nitrogen and oxygen atoms in total.